The molecule has 0 radical (unpaired) electrons. The summed E-state index contributed by atoms with van der Waals surface area (Å²) in [6.45, 7) is 6.02. The zero-order valence-electron chi connectivity index (χ0n) is 17.7. The third-order valence-corrected chi connectivity index (χ3v) is 4.74. The third kappa shape index (κ3) is 7.06. The largest absolute Gasteiger partial charge is 0.444 e. The molecule has 0 fully saturated rings. The number of ether oxygens (including phenoxy) is 1. The third-order valence-electron chi connectivity index (χ3n) is 4.74. The Kier molecular flexibility index (Phi) is 8.02. The van der Waals surface area contributed by atoms with Gasteiger partial charge in [-0.05, 0) is 81.3 Å². The fraction of sp³-hybridized carbons (Fsp3) is 0.478. The van der Waals surface area contributed by atoms with E-state index in [1.807, 2.05) is 12.1 Å². The van der Waals surface area contributed by atoms with Gasteiger partial charge in [-0.3, -0.25) is 4.79 Å². The number of hydrogen-bond acceptors (Lipinski definition) is 4. The number of rotatable bonds is 9. The number of fused-ring (bicyclic) bond motifs is 1. The molecule has 6 nitrogen and oxygen atoms in total. The lowest BCUT2D eigenvalue weighted by molar-refractivity contribution is -0.120. The summed E-state index contributed by atoms with van der Waals surface area (Å²) >= 11 is 0. The van der Waals surface area contributed by atoms with Crippen molar-refractivity contribution in [1.29, 1.82) is 0 Å². The van der Waals surface area contributed by atoms with Crippen molar-refractivity contribution in [2.24, 2.45) is 11.5 Å². The number of hydrogen-bond donors (Lipinski definition) is 3. The lowest BCUT2D eigenvalue weighted by Gasteiger charge is -2.22. The lowest BCUT2D eigenvalue weighted by atomic mass is 9.93. The molecule has 5 N–H and O–H groups in total. The van der Waals surface area contributed by atoms with Crippen molar-refractivity contribution in [1.82, 2.24) is 5.32 Å². The zero-order valence-corrected chi connectivity index (χ0v) is 17.7. The molecule has 2 aromatic carbocycles. The van der Waals surface area contributed by atoms with Crippen molar-refractivity contribution in [3.8, 4) is 0 Å². The first-order chi connectivity index (χ1) is 13.7. The molecule has 158 valence electrons. The fourth-order valence-electron chi connectivity index (χ4n) is 3.35. The van der Waals surface area contributed by atoms with Gasteiger partial charge in [0.2, 0.25) is 5.91 Å². The maximum absolute atomic E-state index is 12.0. The summed E-state index contributed by atoms with van der Waals surface area (Å²) in [7, 11) is 0. The molecule has 0 saturated heterocycles. The van der Waals surface area contributed by atoms with Crippen LogP contribution in [-0.2, 0) is 22.4 Å². The average molecular weight is 400 g/mol. The van der Waals surface area contributed by atoms with Crippen molar-refractivity contribution in [3.05, 3.63) is 47.5 Å². The molecule has 2 aromatic rings. The number of primary amides is 1. The van der Waals surface area contributed by atoms with Crippen LogP contribution >= 0.6 is 0 Å². The Bertz CT molecular complexity index is 843. The topological polar surface area (TPSA) is 107 Å². The molecular weight excluding hydrogens is 366 g/mol. The SMILES string of the molecule is CC(C)(C)OC(=O)N[C@@H](CCc1ccc(CCCCN)c2ccccc12)C(N)=O. The molecule has 0 aliphatic rings. The Morgan fingerprint density at radius 2 is 1.59 bits per heavy atom. The minimum absolute atomic E-state index is 0.408. The van der Waals surface area contributed by atoms with E-state index in [-0.39, 0.29) is 0 Å². The minimum Gasteiger partial charge on any atom is -0.444 e. The van der Waals surface area contributed by atoms with Crippen LogP contribution in [0.1, 0.15) is 51.2 Å². The van der Waals surface area contributed by atoms with E-state index in [1.54, 1.807) is 20.8 Å². The average Bonchev–Trinajstić information content (AvgIpc) is 2.64. The molecule has 2 amide bonds. The minimum atomic E-state index is -0.784. The first-order valence-electron chi connectivity index (χ1n) is 10.2. The van der Waals surface area contributed by atoms with Gasteiger partial charge in [-0.15, -0.1) is 0 Å². The van der Waals surface area contributed by atoms with Gasteiger partial charge in [0.15, 0.2) is 0 Å². The van der Waals surface area contributed by atoms with E-state index in [9.17, 15) is 9.59 Å². The van der Waals surface area contributed by atoms with E-state index in [0.29, 0.717) is 19.4 Å². The molecule has 0 bridgehead atoms. The second-order valence-corrected chi connectivity index (χ2v) is 8.32. The van der Waals surface area contributed by atoms with Crippen molar-refractivity contribution in [3.63, 3.8) is 0 Å². The van der Waals surface area contributed by atoms with Crippen molar-refractivity contribution in [2.45, 2.75) is 64.5 Å². The summed E-state index contributed by atoms with van der Waals surface area (Å²) in [4.78, 5) is 23.8. The second kappa shape index (κ2) is 10.3. The Morgan fingerprint density at radius 1 is 1.00 bits per heavy atom. The smallest absolute Gasteiger partial charge is 0.408 e. The van der Waals surface area contributed by atoms with Crippen LogP contribution in [0.25, 0.3) is 10.8 Å². The summed E-state index contributed by atoms with van der Waals surface area (Å²) in [5, 5.41) is 4.97. The molecule has 0 aliphatic heterocycles. The zero-order chi connectivity index (χ0) is 21.4. The van der Waals surface area contributed by atoms with E-state index in [0.717, 1.165) is 24.8 Å². The number of amides is 2. The van der Waals surface area contributed by atoms with Crippen LogP contribution in [0.2, 0.25) is 0 Å². The first kappa shape index (κ1) is 22.7. The molecule has 0 saturated carbocycles. The Labute approximate surface area is 173 Å². The van der Waals surface area contributed by atoms with Crippen LogP contribution in [0.4, 0.5) is 4.79 Å². The maximum atomic E-state index is 12.0. The monoisotopic (exact) mass is 399 g/mol. The summed E-state index contributed by atoms with van der Waals surface area (Å²) in [6.07, 6.45) is 3.44. The molecule has 0 aromatic heterocycles. The van der Waals surface area contributed by atoms with Gasteiger partial charge in [-0.2, -0.15) is 0 Å². The highest BCUT2D eigenvalue weighted by Crippen LogP contribution is 2.25. The standard InChI is InChI=1S/C23H33N3O3/c1-23(2,3)29-22(28)26-20(21(25)27)14-13-17-12-11-16(8-6-7-15-24)18-9-4-5-10-19(17)18/h4-5,9-12,20H,6-8,13-15,24H2,1-3H3,(H2,25,27)(H,26,28)/t20-/m0/s1. The number of alkyl carbamates (subject to hydrolysis) is 1. The van der Waals surface area contributed by atoms with Crippen LogP contribution in [0, 0.1) is 0 Å². The van der Waals surface area contributed by atoms with Crippen LogP contribution in [-0.4, -0.2) is 30.2 Å². The van der Waals surface area contributed by atoms with Gasteiger partial charge in [0.05, 0.1) is 0 Å². The van der Waals surface area contributed by atoms with Gasteiger partial charge in [-0.25, -0.2) is 4.79 Å². The van der Waals surface area contributed by atoms with E-state index in [1.165, 1.54) is 16.3 Å². The molecule has 0 unspecified atom stereocenters. The number of nitrogens with two attached hydrogens (primary N) is 2. The van der Waals surface area contributed by atoms with Gasteiger partial charge in [0.25, 0.3) is 0 Å². The van der Waals surface area contributed by atoms with Crippen LogP contribution in [0.5, 0.6) is 0 Å². The number of aryl methyl sites for hydroxylation is 2. The summed E-state index contributed by atoms with van der Waals surface area (Å²) in [5.74, 6) is -0.571. The van der Waals surface area contributed by atoms with Gasteiger partial charge in [0, 0.05) is 0 Å². The number of unbranched alkanes of at least 4 members (excludes halogenated alkanes) is 1. The highest BCUT2D eigenvalue weighted by molar-refractivity contribution is 5.89. The highest BCUT2D eigenvalue weighted by Gasteiger charge is 2.22. The van der Waals surface area contributed by atoms with E-state index in [2.05, 4.69) is 29.6 Å². The van der Waals surface area contributed by atoms with E-state index in [4.69, 9.17) is 16.2 Å². The molecular formula is C23H33N3O3. The second-order valence-electron chi connectivity index (χ2n) is 8.32. The predicted octanol–water partition coefficient (Wildman–Crippen LogP) is 3.43. The molecule has 0 spiro atoms. The van der Waals surface area contributed by atoms with Crippen molar-refractivity contribution in [2.75, 3.05) is 6.54 Å². The van der Waals surface area contributed by atoms with Crippen molar-refractivity contribution >= 4 is 22.8 Å². The number of nitrogens with one attached hydrogen (secondary N) is 1. The predicted molar refractivity (Wildman–Crippen MR) is 117 cm³/mol. The van der Waals surface area contributed by atoms with Crippen LogP contribution in [0.15, 0.2) is 36.4 Å². The van der Waals surface area contributed by atoms with Gasteiger partial charge >= 0.3 is 6.09 Å². The van der Waals surface area contributed by atoms with Crippen molar-refractivity contribution < 1.29 is 14.3 Å². The Morgan fingerprint density at radius 3 is 2.10 bits per heavy atom. The normalized spacial score (nSPS) is 12.6. The number of carbonyl (C=O) groups excluding carboxylic acids is 2. The molecule has 6 heteroatoms. The molecule has 29 heavy (non-hydrogen) atoms. The number of benzene rings is 2. The van der Waals surface area contributed by atoms with E-state index >= 15 is 0 Å². The highest BCUT2D eigenvalue weighted by atomic mass is 16.6. The molecule has 0 aliphatic carbocycles. The fourth-order valence-corrected chi connectivity index (χ4v) is 3.35. The summed E-state index contributed by atoms with van der Waals surface area (Å²) in [6, 6.07) is 11.7. The van der Waals surface area contributed by atoms with E-state index < -0.39 is 23.6 Å². The van der Waals surface area contributed by atoms with Crippen LogP contribution in [0.3, 0.4) is 0 Å². The van der Waals surface area contributed by atoms with Gasteiger partial charge < -0.3 is 21.5 Å². The van der Waals surface area contributed by atoms with Gasteiger partial charge in [-0.1, -0.05) is 36.4 Å². The lowest BCUT2D eigenvalue weighted by Crippen LogP contribution is -2.46. The summed E-state index contributed by atoms with van der Waals surface area (Å²) < 4.78 is 5.24. The molecule has 2 rings (SSSR count). The Balaban J connectivity index is 2.13. The maximum Gasteiger partial charge on any atom is 0.408 e. The molecule has 0 heterocycles. The Hall–Kier alpha value is -2.60. The molecule has 1 atom stereocenters. The quantitative estimate of drug-likeness (QED) is 0.561. The first-order valence-corrected chi connectivity index (χ1v) is 10.2. The van der Waals surface area contributed by atoms with Crippen LogP contribution < -0.4 is 16.8 Å². The summed E-state index contributed by atoms with van der Waals surface area (Å²) in [5.41, 5.74) is 12.9. The number of carbonyl (C=O) groups is 2. The van der Waals surface area contributed by atoms with Gasteiger partial charge in [0.1, 0.15) is 11.6 Å².